The molecule has 0 fully saturated rings. The molecular weight excluding hydrogens is 599 g/mol. The van der Waals surface area contributed by atoms with E-state index in [2.05, 4.69) is 72.5 Å². The number of amides is 2. The van der Waals surface area contributed by atoms with Gasteiger partial charge in [0.1, 0.15) is 10.9 Å². The Morgan fingerprint density at radius 2 is 1.63 bits per heavy atom. The maximum absolute atomic E-state index is 13.9. The first kappa shape index (κ1) is 32.5. The number of urea groups is 1. The van der Waals surface area contributed by atoms with Gasteiger partial charge in [-0.25, -0.2) is 14.8 Å². The van der Waals surface area contributed by atoms with Gasteiger partial charge in [-0.1, -0.05) is 87.0 Å². The smallest absolute Gasteiger partial charge is 0.322 e. The Balaban J connectivity index is 1.58. The Labute approximate surface area is 265 Å². The van der Waals surface area contributed by atoms with Crippen LogP contribution in [0.4, 0.5) is 10.5 Å². The Hall–Kier alpha value is -3.43. The van der Waals surface area contributed by atoms with E-state index >= 15 is 0 Å². The second-order valence-corrected chi connectivity index (χ2v) is 14.0. The van der Waals surface area contributed by atoms with E-state index in [0.717, 1.165) is 5.19 Å². The van der Waals surface area contributed by atoms with Gasteiger partial charge in [-0.3, -0.25) is 4.90 Å². The molecule has 2 amide bonds. The van der Waals surface area contributed by atoms with Gasteiger partial charge in [-0.05, 0) is 71.1 Å². The summed E-state index contributed by atoms with van der Waals surface area (Å²) < 4.78 is 12.0. The molecule has 0 bridgehead atoms. The molecule has 0 saturated heterocycles. The number of anilines is 1. The molecule has 0 aliphatic heterocycles. The number of nitrogens with one attached hydrogen (secondary N) is 1. The average molecular weight is 637 g/mol. The van der Waals surface area contributed by atoms with E-state index in [0.29, 0.717) is 23.6 Å². The molecule has 3 aromatic carbocycles. The molecule has 1 unspecified atom stereocenters. The van der Waals surface area contributed by atoms with Crippen LogP contribution in [0, 0.1) is 0 Å². The summed E-state index contributed by atoms with van der Waals surface area (Å²) >= 11 is 12.4. The summed E-state index contributed by atoms with van der Waals surface area (Å²) in [5, 5.41) is 5.70. The minimum atomic E-state index is -1.61. The zero-order chi connectivity index (χ0) is 31.1. The Morgan fingerprint density at radius 3 is 2.26 bits per heavy atom. The van der Waals surface area contributed by atoms with E-state index in [9.17, 15) is 4.79 Å². The summed E-state index contributed by atoms with van der Waals surface area (Å²) in [7, 11) is -0.0181. The zero-order valence-corrected chi connectivity index (χ0v) is 27.8. The summed E-state index contributed by atoms with van der Waals surface area (Å²) in [5.74, 6) is 0.678. The lowest BCUT2D eigenvalue weighted by Crippen LogP contribution is -2.51. The number of rotatable bonds is 10. The van der Waals surface area contributed by atoms with Gasteiger partial charge < -0.3 is 14.5 Å². The third kappa shape index (κ3) is 8.15. The second kappa shape index (κ2) is 14.4. The first-order valence-electron chi connectivity index (χ1n) is 14.1. The van der Waals surface area contributed by atoms with Gasteiger partial charge in [0.25, 0.3) is 9.04 Å². The first-order chi connectivity index (χ1) is 20.5. The van der Waals surface area contributed by atoms with E-state index in [4.69, 9.17) is 32.4 Å². The number of ether oxygens (including phenoxy) is 1. The number of aromatic nitrogens is 2. The van der Waals surface area contributed by atoms with Crippen LogP contribution in [0.25, 0.3) is 0 Å². The summed E-state index contributed by atoms with van der Waals surface area (Å²) in [6.07, 6.45) is 1.54. The highest BCUT2D eigenvalue weighted by atomic mass is 35.5. The number of nitrogens with zero attached hydrogens (tertiary/aromatic N) is 3. The molecular formula is C33H37Cl2N4O3Si. The minimum absolute atomic E-state index is 0.0382. The van der Waals surface area contributed by atoms with Crippen LogP contribution in [0.1, 0.15) is 51.8 Å². The molecule has 4 aromatic rings. The zero-order valence-electron chi connectivity index (χ0n) is 25.3. The van der Waals surface area contributed by atoms with E-state index < -0.39 is 15.1 Å². The van der Waals surface area contributed by atoms with Crippen LogP contribution >= 0.6 is 23.2 Å². The topological polar surface area (TPSA) is 76.6 Å². The van der Waals surface area contributed by atoms with E-state index in [-0.39, 0.29) is 27.9 Å². The van der Waals surface area contributed by atoms with Gasteiger partial charge in [0.15, 0.2) is 0 Å². The number of hydrogen-bond acceptors (Lipinski definition) is 5. The fourth-order valence-corrected chi connectivity index (χ4v) is 7.76. The van der Waals surface area contributed by atoms with Crippen molar-refractivity contribution < 1.29 is 14.0 Å². The van der Waals surface area contributed by atoms with Crippen molar-refractivity contribution in [2.75, 3.05) is 18.6 Å². The standard InChI is InChI=1S/C33H37Cl2N4O3Si/c1-22(21-42-43(26-12-8-7-9-13-26)29-15-11-10-14-28(29)33(3,4)5)37-32(40)39(24-16-18-25(41-6)19-17-24)23(2)27-20-36-31(35)38-30(27)34/h7-20,22-23H,21H2,1-6H3,(H,37,40)/t22?,23-/m1/s1. The molecule has 1 heterocycles. The lowest BCUT2D eigenvalue weighted by atomic mass is 9.87. The SMILES string of the molecule is COc1ccc(N(C(=O)NC(C)CO[Si](c2ccccc2)c2ccccc2C(C)(C)C)[C@H](C)c2cnc(Cl)nc2Cl)cc1. The highest BCUT2D eigenvalue weighted by Gasteiger charge is 2.30. The number of carbonyl (C=O) groups is 1. The summed E-state index contributed by atoms with van der Waals surface area (Å²) in [6, 6.07) is 24.9. The molecule has 7 nitrogen and oxygen atoms in total. The largest absolute Gasteiger partial charge is 0.497 e. The van der Waals surface area contributed by atoms with Crippen molar-refractivity contribution in [2.24, 2.45) is 0 Å². The number of halogens is 2. The van der Waals surface area contributed by atoms with E-state index in [1.807, 2.05) is 44.2 Å². The molecule has 10 heteroatoms. The van der Waals surface area contributed by atoms with Crippen LogP contribution in [0.15, 0.2) is 85.1 Å². The monoisotopic (exact) mass is 635 g/mol. The molecule has 0 aliphatic rings. The van der Waals surface area contributed by atoms with Crippen LogP contribution in [0.5, 0.6) is 5.75 Å². The fourth-order valence-electron chi connectivity index (χ4n) is 4.80. The van der Waals surface area contributed by atoms with Crippen LogP contribution in [-0.2, 0) is 9.84 Å². The van der Waals surface area contributed by atoms with Gasteiger partial charge in [0.2, 0.25) is 5.28 Å². The number of hydrogen-bond donors (Lipinski definition) is 1. The normalized spacial score (nSPS) is 13.0. The number of methoxy groups -OCH3 is 1. The highest BCUT2D eigenvalue weighted by Crippen LogP contribution is 2.32. The maximum Gasteiger partial charge on any atom is 0.322 e. The van der Waals surface area contributed by atoms with E-state index in [1.54, 1.807) is 30.3 Å². The molecule has 225 valence electrons. The van der Waals surface area contributed by atoms with Gasteiger partial charge >= 0.3 is 6.03 Å². The molecule has 1 N–H and O–H groups in total. The highest BCUT2D eigenvalue weighted by molar-refractivity contribution is 6.80. The second-order valence-electron chi connectivity index (χ2n) is 11.3. The van der Waals surface area contributed by atoms with Crippen LogP contribution in [0.3, 0.4) is 0 Å². The van der Waals surface area contributed by atoms with Gasteiger partial charge in [0.05, 0.1) is 19.8 Å². The van der Waals surface area contributed by atoms with Crippen LogP contribution < -0.4 is 25.3 Å². The molecule has 1 aromatic heterocycles. The molecule has 1 radical (unpaired) electrons. The van der Waals surface area contributed by atoms with Gasteiger partial charge in [-0.2, -0.15) is 0 Å². The Bertz CT molecular complexity index is 1520. The predicted molar refractivity (Wildman–Crippen MR) is 176 cm³/mol. The quantitative estimate of drug-likeness (QED) is 0.121. The Kier molecular flexibility index (Phi) is 10.8. The third-order valence-electron chi connectivity index (χ3n) is 7.01. The number of carbonyl (C=O) groups excluding carboxylic acids is 1. The molecule has 2 atom stereocenters. The van der Waals surface area contributed by atoms with Crippen molar-refractivity contribution in [1.29, 1.82) is 0 Å². The maximum atomic E-state index is 13.9. The average Bonchev–Trinajstić information content (AvgIpc) is 2.98. The van der Waals surface area contributed by atoms with E-state index in [1.165, 1.54) is 10.8 Å². The first-order valence-corrected chi connectivity index (χ1v) is 16.2. The van der Waals surface area contributed by atoms with Crippen molar-refractivity contribution in [3.63, 3.8) is 0 Å². The third-order valence-corrected chi connectivity index (χ3v) is 9.73. The lowest BCUT2D eigenvalue weighted by Gasteiger charge is -2.32. The summed E-state index contributed by atoms with van der Waals surface area (Å²) in [4.78, 5) is 23.7. The number of benzene rings is 3. The lowest BCUT2D eigenvalue weighted by molar-refractivity contribution is 0.231. The van der Waals surface area contributed by atoms with Crippen LogP contribution in [-0.4, -0.2) is 44.8 Å². The van der Waals surface area contributed by atoms with Crippen molar-refractivity contribution in [1.82, 2.24) is 15.3 Å². The van der Waals surface area contributed by atoms with Crippen molar-refractivity contribution in [3.05, 3.63) is 107 Å². The van der Waals surface area contributed by atoms with Crippen LogP contribution in [0.2, 0.25) is 10.4 Å². The van der Waals surface area contributed by atoms with Gasteiger partial charge in [0, 0.05) is 23.5 Å². The molecule has 0 aliphatic carbocycles. The van der Waals surface area contributed by atoms with Crippen molar-refractivity contribution in [2.45, 2.75) is 52.1 Å². The summed E-state index contributed by atoms with van der Waals surface area (Å²) in [6.45, 7) is 10.8. The summed E-state index contributed by atoms with van der Waals surface area (Å²) in [5.41, 5.74) is 2.42. The Morgan fingerprint density at radius 1 is 0.977 bits per heavy atom. The molecule has 0 saturated carbocycles. The fraction of sp³-hybridized carbons (Fsp3) is 0.303. The molecule has 43 heavy (non-hydrogen) atoms. The van der Waals surface area contributed by atoms with Gasteiger partial charge in [-0.15, -0.1) is 0 Å². The van der Waals surface area contributed by atoms with Crippen molar-refractivity contribution in [3.8, 4) is 5.75 Å². The molecule has 0 spiro atoms. The minimum Gasteiger partial charge on any atom is -0.497 e. The molecule has 4 rings (SSSR count). The predicted octanol–water partition coefficient (Wildman–Crippen LogP) is 6.58. The van der Waals surface area contributed by atoms with Crippen molar-refractivity contribution >= 4 is 54.3 Å².